The molecule has 2 aromatic rings. The van der Waals surface area contributed by atoms with Crippen molar-refractivity contribution in [3.63, 3.8) is 0 Å². The number of carbonyl (C=O) groups is 1. The number of hydrogen-bond acceptors (Lipinski definition) is 2. The summed E-state index contributed by atoms with van der Waals surface area (Å²) in [5.74, 6) is 0.560. The minimum Gasteiger partial charge on any atom is -0.492 e. The van der Waals surface area contributed by atoms with Crippen molar-refractivity contribution in [2.24, 2.45) is 0 Å². The number of rotatable bonds is 2. The average molecular weight is 416 g/mol. The zero-order valence-corrected chi connectivity index (χ0v) is 14.2. The molecule has 0 N–H and O–H groups in total. The molecule has 0 amide bonds. The van der Waals surface area contributed by atoms with Gasteiger partial charge in [0, 0.05) is 26.0 Å². The molecule has 0 radical (unpaired) electrons. The smallest absolute Gasteiger partial charge is 0.197 e. The predicted octanol–water partition coefficient (Wildman–Crippen LogP) is 5.03. The molecule has 0 aromatic heterocycles. The highest BCUT2D eigenvalue weighted by Crippen LogP contribution is 2.35. The highest BCUT2D eigenvalue weighted by molar-refractivity contribution is 9.11. The van der Waals surface area contributed by atoms with Gasteiger partial charge in [-0.1, -0.05) is 43.5 Å². The summed E-state index contributed by atoms with van der Waals surface area (Å²) in [4.78, 5) is 12.7. The molecule has 0 atom stereocenters. The second-order valence-electron chi connectivity index (χ2n) is 4.49. The van der Waals surface area contributed by atoms with Crippen LogP contribution >= 0.6 is 43.5 Å². The van der Waals surface area contributed by atoms with E-state index in [1.54, 1.807) is 12.1 Å². The van der Waals surface area contributed by atoms with E-state index in [1.165, 1.54) is 0 Å². The summed E-state index contributed by atoms with van der Waals surface area (Å²) in [6.45, 7) is 0.593. The SMILES string of the molecule is O=C(c1cc(Br)ccc1Br)c1cc(Cl)cc2c1OCC2. The van der Waals surface area contributed by atoms with E-state index in [4.69, 9.17) is 16.3 Å². The Labute approximate surface area is 138 Å². The van der Waals surface area contributed by atoms with Crippen molar-refractivity contribution in [3.05, 3.63) is 61.0 Å². The maximum absolute atomic E-state index is 12.7. The fraction of sp³-hybridized carbons (Fsp3) is 0.133. The number of ketones is 1. The van der Waals surface area contributed by atoms with Gasteiger partial charge in [-0.15, -0.1) is 0 Å². The first-order chi connectivity index (χ1) is 9.56. The third kappa shape index (κ3) is 2.52. The lowest BCUT2D eigenvalue weighted by Crippen LogP contribution is -2.05. The Morgan fingerprint density at radius 1 is 1.15 bits per heavy atom. The molecule has 1 aliphatic rings. The standard InChI is InChI=1S/C15H9Br2ClO2/c16-9-1-2-13(17)11(6-9)14(19)12-7-10(18)5-8-3-4-20-15(8)12/h1-2,5-7H,3-4H2. The van der Waals surface area contributed by atoms with Gasteiger partial charge in [0.2, 0.25) is 0 Å². The topological polar surface area (TPSA) is 26.3 Å². The summed E-state index contributed by atoms with van der Waals surface area (Å²) >= 11 is 12.9. The molecule has 102 valence electrons. The number of halogens is 3. The van der Waals surface area contributed by atoms with E-state index in [-0.39, 0.29) is 5.78 Å². The highest BCUT2D eigenvalue weighted by Gasteiger charge is 2.24. The molecule has 0 saturated heterocycles. The van der Waals surface area contributed by atoms with Crippen molar-refractivity contribution < 1.29 is 9.53 Å². The molecule has 2 nitrogen and oxygen atoms in total. The van der Waals surface area contributed by atoms with Gasteiger partial charge in [0.15, 0.2) is 5.78 Å². The lowest BCUT2D eigenvalue weighted by molar-refractivity contribution is 0.103. The normalized spacial score (nSPS) is 12.9. The van der Waals surface area contributed by atoms with Crippen LogP contribution < -0.4 is 4.74 Å². The van der Waals surface area contributed by atoms with Crippen LogP contribution in [0.3, 0.4) is 0 Å². The van der Waals surface area contributed by atoms with E-state index in [2.05, 4.69) is 31.9 Å². The number of ether oxygens (including phenoxy) is 1. The van der Waals surface area contributed by atoms with Gasteiger partial charge in [0.25, 0.3) is 0 Å². The van der Waals surface area contributed by atoms with Crippen molar-refractivity contribution in [2.45, 2.75) is 6.42 Å². The fourth-order valence-electron chi connectivity index (χ4n) is 2.25. The summed E-state index contributed by atoms with van der Waals surface area (Å²) in [6, 6.07) is 9.02. The molecule has 0 saturated carbocycles. The van der Waals surface area contributed by atoms with Gasteiger partial charge in [0.05, 0.1) is 12.2 Å². The summed E-state index contributed by atoms with van der Waals surface area (Å²) < 4.78 is 7.19. The van der Waals surface area contributed by atoms with Crippen molar-refractivity contribution in [1.29, 1.82) is 0 Å². The zero-order chi connectivity index (χ0) is 14.3. The van der Waals surface area contributed by atoms with Crippen LogP contribution in [-0.2, 0) is 6.42 Å². The van der Waals surface area contributed by atoms with Gasteiger partial charge >= 0.3 is 0 Å². The Morgan fingerprint density at radius 2 is 1.95 bits per heavy atom. The Hall–Kier alpha value is -0.840. The monoisotopic (exact) mass is 414 g/mol. The zero-order valence-electron chi connectivity index (χ0n) is 10.3. The quantitative estimate of drug-likeness (QED) is 0.642. The Bertz CT molecular complexity index is 713. The van der Waals surface area contributed by atoms with E-state index in [1.807, 2.05) is 18.2 Å². The third-order valence-corrected chi connectivity index (χ3v) is 4.57. The third-order valence-electron chi connectivity index (χ3n) is 3.17. The van der Waals surface area contributed by atoms with Crippen molar-refractivity contribution in [1.82, 2.24) is 0 Å². The van der Waals surface area contributed by atoms with E-state index in [0.717, 1.165) is 20.9 Å². The largest absolute Gasteiger partial charge is 0.492 e. The van der Waals surface area contributed by atoms with Gasteiger partial charge in [-0.25, -0.2) is 0 Å². The second-order valence-corrected chi connectivity index (χ2v) is 6.70. The first-order valence-electron chi connectivity index (χ1n) is 6.01. The summed E-state index contributed by atoms with van der Waals surface area (Å²) in [5, 5.41) is 0.559. The summed E-state index contributed by atoms with van der Waals surface area (Å²) in [6.07, 6.45) is 0.788. The lowest BCUT2D eigenvalue weighted by atomic mass is 10.00. The first kappa shape index (κ1) is 14.1. The minimum atomic E-state index is -0.0983. The van der Waals surface area contributed by atoms with Gasteiger partial charge in [-0.2, -0.15) is 0 Å². The van der Waals surface area contributed by atoms with Crippen LogP contribution in [0.25, 0.3) is 0 Å². The molecule has 20 heavy (non-hydrogen) atoms. The van der Waals surface area contributed by atoms with Gasteiger partial charge < -0.3 is 4.74 Å². The van der Waals surface area contributed by atoms with Crippen LogP contribution in [-0.4, -0.2) is 12.4 Å². The Kier molecular flexibility index (Phi) is 3.89. The molecule has 1 heterocycles. The van der Waals surface area contributed by atoms with E-state index in [9.17, 15) is 4.79 Å². The molecule has 0 unspecified atom stereocenters. The molecular weight excluding hydrogens is 407 g/mol. The van der Waals surface area contributed by atoms with E-state index in [0.29, 0.717) is 28.5 Å². The van der Waals surface area contributed by atoms with Crippen LogP contribution in [0, 0.1) is 0 Å². The average Bonchev–Trinajstić information content (AvgIpc) is 2.87. The van der Waals surface area contributed by atoms with Crippen LogP contribution in [0.15, 0.2) is 39.3 Å². The second kappa shape index (κ2) is 5.51. The fourth-order valence-corrected chi connectivity index (χ4v) is 3.28. The molecule has 0 bridgehead atoms. The maximum Gasteiger partial charge on any atom is 0.197 e. The molecule has 3 rings (SSSR count). The molecule has 1 aliphatic heterocycles. The van der Waals surface area contributed by atoms with Crippen LogP contribution in [0.5, 0.6) is 5.75 Å². The first-order valence-corrected chi connectivity index (χ1v) is 7.97. The maximum atomic E-state index is 12.7. The van der Waals surface area contributed by atoms with Crippen molar-refractivity contribution >= 4 is 49.2 Å². The number of fused-ring (bicyclic) bond motifs is 1. The molecule has 5 heteroatoms. The lowest BCUT2D eigenvalue weighted by Gasteiger charge is -2.09. The summed E-state index contributed by atoms with van der Waals surface area (Å²) in [5.41, 5.74) is 2.09. The summed E-state index contributed by atoms with van der Waals surface area (Å²) in [7, 11) is 0. The van der Waals surface area contributed by atoms with E-state index < -0.39 is 0 Å². The Balaban J connectivity index is 2.14. The molecular formula is C15H9Br2ClO2. The predicted molar refractivity (Wildman–Crippen MR) is 85.9 cm³/mol. The Morgan fingerprint density at radius 3 is 2.75 bits per heavy atom. The number of carbonyl (C=O) groups excluding carboxylic acids is 1. The number of benzene rings is 2. The molecule has 0 aliphatic carbocycles. The molecule has 2 aromatic carbocycles. The minimum absolute atomic E-state index is 0.0983. The van der Waals surface area contributed by atoms with Crippen LogP contribution in [0.2, 0.25) is 5.02 Å². The molecule has 0 fully saturated rings. The van der Waals surface area contributed by atoms with Crippen molar-refractivity contribution in [3.8, 4) is 5.75 Å². The van der Waals surface area contributed by atoms with Crippen molar-refractivity contribution in [2.75, 3.05) is 6.61 Å². The van der Waals surface area contributed by atoms with Crippen LogP contribution in [0.1, 0.15) is 21.5 Å². The molecule has 0 spiro atoms. The van der Waals surface area contributed by atoms with Crippen LogP contribution in [0.4, 0.5) is 0 Å². The van der Waals surface area contributed by atoms with E-state index >= 15 is 0 Å². The van der Waals surface area contributed by atoms with Gasteiger partial charge in [0.1, 0.15) is 5.75 Å². The van der Waals surface area contributed by atoms with Gasteiger partial charge in [-0.05, 0) is 35.9 Å². The van der Waals surface area contributed by atoms with Gasteiger partial charge in [-0.3, -0.25) is 4.79 Å². The number of hydrogen-bond donors (Lipinski definition) is 0. The highest BCUT2D eigenvalue weighted by atomic mass is 79.9.